The molecule has 8 heteroatoms. The normalized spacial score (nSPS) is 11.4. The first-order valence-corrected chi connectivity index (χ1v) is 6.01. The van der Waals surface area contributed by atoms with Gasteiger partial charge >= 0.3 is 6.36 Å². The van der Waals surface area contributed by atoms with Gasteiger partial charge in [0, 0.05) is 10.7 Å². The van der Waals surface area contributed by atoms with Crippen LogP contribution in [0.25, 0.3) is 0 Å². The molecular weight excluding hydrogens is 327 g/mol. The summed E-state index contributed by atoms with van der Waals surface area (Å²) in [7, 11) is 0. The number of hydrogen-bond donors (Lipinski definition) is 2. The Morgan fingerprint density at radius 2 is 2.11 bits per heavy atom. The van der Waals surface area contributed by atoms with Crippen molar-refractivity contribution in [2.75, 3.05) is 5.32 Å². The van der Waals surface area contributed by atoms with E-state index in [1.807, 2.05) is 0 Å². The number of aromatic nitrogens is 2. The number of hydrogen-bond acceptors (Lipinski definition) is 3. The molecule has 0 atom stereocenters. The zero-order valence-corrected chi connectivity index (χ0v) is 11.0. The predicted molar refractivity (Wildman–Crippen MR) is 66.7 cm³/mol. The molecule has 102 valence electrons. The highest BCUT2D eigenvalue weighted by molar-refractivity contribution is 9.10. The van der Waals surface area contributed by atoms with Crippen LogP contribution in [0.1, 0.15) is 5.69 Å². The SMILES string of the molecule is FC(F)(F)Oc1cc(Br)ccc1NCc1ccn[nH]1. The number of nitrogens with zero attached hydrogens (tertiary/aromatic N) is 1. The zero-order chi connectivity index (χ0) is 13.9. The molecule has 0 saturated carbocycles. The van der Waals surface area contributed by atoms with Crippen LogP contribution in [-0.4, -0.2) is 16.6 Å². The van der Waals surface area contributed by atoms with Crippen LogP contribution >= 0.6 is 15.9 Å². The third-order valence-electron chi connectivity index (χ3n) is 2.20. The third-order valence-corrected chi connectivity index (χ3v) is 2.69. The number of alkyl halides is 3. The summed E-state index contributed by atoms with van der Waals surface area (Å²) in [5, 5.41) is 9.30. The smallest absolute Gasteiger partial charge is 0.404 e. The van der Waals surface area contributed by atoms with Gasteiger partial charge in [-0.15, -0.1) is 13.2 Å². The molecule has 0 fully saturated rings. The van der Waals surface area contributed by atoms with Gasteiger partial charge in [0.2, 0.25) is 0 Å². The molecule has 0 amide bonds. The van der Waals surface area contributed by atoms with Crippen LogP contribution in [0.3, 0.4) is 0 Å². The summed E-state index contributed by atoms with van der Waals surface area (Å²) in [4.78, 5) is 0. The highest BCUT2D eigenvalue weighted by Gasteiger charge is 2.32. The van der Waals surface area contributed by atoms with E-state index in [1.54, 1.807) is 18.3 Å². The Balaban J connectivity index is 2.14. The van der Waals surface area contributed by atoms with Crippen LogP contribution in [-0.2, 0) is 6.54 Å². The van der Waals surface area contributed by atoms with Crippen molar-refractivity contribution in [3.05, 3.63) is 40.6 Å². The average molecular weight is 336 g/mol. The van der Waals surface area contributed by atoms with Crippen molar-refractivity contribution in [2.45, 2.75) is 12.9 Å². The summed E-state index contributed by atoms with van der Waals surface area (Å²) < 4.78 is 41.3. The number of nitrogens with one attached hydrogen (secondary N) is 2. The lowest BCUT2D eigenvalue weighted by molar-refractivity contribution is -0.274. The van der Waals surface area contributed by atoms with Gasteiger partial charge in [0.15, 0.2) is 5.75 Å². The van der Waals surface area contributed by atoms with E-state index in [0.717, 1.165) is 5.69 Å². The van der Waals surface area contributed by atoms with Crippen molar-refractivity contribution in [2.24, 2.45) is 0 Å². The Labute approximate surface area is 115 Å². The monoisotopic (exact) mass is 335 g/mol. The van der Waals surface area contributed by atoms with Gasteiger partial charge in [-0.25, -0.2) is 0 Å². The molecule has 1 aromatic carbocycles. The van der Waals surface area contributed by atoms with E-state index in [9.17, 15) is 13.2 Å². The van der Waals surface area contributed by atoms with E-state index in [2.05, 4.69) is 36.2 Å². The first-order valence-electron chi connectivity index (χ1n) is 5.21. The van der Waals surface area contributed by atoms with Gasteiger partial charge in [0.1, 0.15) is 0 Å². The molecule has 1 aromatic heterocycles. The Kier molecular flexibility index (Phi) is 3.98. The number of halogens is 4. The molecule has 0 saturated heterocycles. The fraction of sp³-hybridized carbons (Fsp3) is 0.182. The zero-order valence-electron chi connectivity index (χ0n) is 9.46. The van der Waals surface area contributed by atoms with E-state index in [-0.39, 0.29) is 11.4 Å². The Bertz CT molecular complexity index is 543. The second-order valence-electron chi connectivity index (χ2n) is 3.62. The molecule has 2 rings (SSSR count). The van der Waals surface area contributed by atoms with Crippen molar-refractivity contribution >= 4 is 21.6 Å². The molecule has 19 heavy (non-hydrogen) atoms. The van der Waals surface area contributed by atoms with E-state index >= 15 is 0 Å². The number of ether oxygens (including phenoxy) is 1. The minimum atomic E-state index is -4.73. The van der Waals surface area contributed by atoms with Gasteiger partial charge in [-0.05, 0) is 24.3 Å². The minimum Gasteiger partial charge on any atom is -0.404 e. The van der Waals surface area contributed by atoms with Crippen LogP contribution in [0.5, 0.6) is 5.75 Å². The Morgan fingerprint density at radius 1 is 1.32 bits per heavy atom. The van der Waals surface area contributed by atoms with E-state index < -0.39 is 6.36 Å². The molecule has 0 unspecified atom stereocenters. The molecule has 0 radical (unpaired) electrons. The van der Waals surface area contributed by atoms with Crippen LogP contribution < -0.4 is 10.1 Å². The van der Waals surface area contributed by atoms with Crippen LogP contribution in [0, 0.1) is 0 Å². The van der Waals surface area contributed by atoms with Gasteiger partial charge in [-0.1, -0.05) is 15.9 Å². The Morgan fingerprint density at radius 3 is 2.74 bits per heavy atom. The highest BCUT2D eigenvalue weighted by atomic mass is 79.9. The number of anilines is 1. The predicted octanol–water partition coefficient (Wildman–Crippen LogP) is 3.68. The van der Waals surface area contributed by atoms with Crippen molar-refractivity contribution < 1.29 is 17.9 Å². The van der Waals surface area contributed by atoms with Gasteiger partial charge in [0.25, 0.3) is 0 Å². The maximum absolute atomic E-state index is 12.3. The van der Waals surface area contributed by atoms with E-state index in [0.29, 0.717) is 11.0 Å². The standard InChI is InChI=1S/C11H9BrF3N3O/c12-7-1-2-9(10(5-7)19-11(13,14)15)16-6-8-3-4-17-18-8/h1-5,16H,6H2,(H,17,18). The third kappa shape index (κ3) is 4.16. The molecule has 0 aliphatic carbocycles. The van der Waals surface area contributed by atoms with Gasteiger partial charge < -0.3 is 10.1 Å². The van der Waals surface area contributed by atoms with Crippen molar-refractivity contribution in [3.63, 3.8) is 0 Å². The maximum atomic E-state index is 12.3. The largest absolute Gasteiger partial charge is 0.573 e. The first kappa shape index (κ1) is 13.7. The van der Waals surface area contributed by atoms with Crippen molar-refractivity contribution in [1.29, 1.82) is 0 Å². The topological polar surface area (TPSA) is 49.9 Å². The molecule has 2 aromatic rings. The summed E-state index contributed by atoms with van der Waals surface area (Å²) >= 11 is 3.10. The maximum Gasteiger partial charge on any atom is 0.573 e. The van der Waals surface area contributed by atoms with Gasteiger partial charge in [0.05, 0.1) is 17.9 Å². The summed E-state index contributed by atoms with van der Waals surface area (Å²) in [5.41, 5.74) is 0.996. The molecule has 1 heterocycles. The summed E-state index contributed by atoms with van der Waals surface area (Å²) in [6.45, 7) is 0.315. The Hall–Kier alpha value is -1.70. The molecule has 2 N–H and O–H groups in total. The van der Waals surface area contributed by atoms with Gasteiger partial charge in [-0.3, -0.25) is 5.10 Å². The summed E-state index contributed by atoms with van der Waals surface area (Å²) in [6.07, 6.45) is -3.17. The summed E-state index contributed by atoms with van der Waals surface area (Å²) in [5.74, 6) is -0.290. The average Bonchev–Trinajstić information content (AvgIpc) is 2.78. The van der Waals surface area contributed by atoms with E-state index in [4.69, 9.17) is 0 Å². The molecule has 0 aliphatic rings. The molecular formula is C11H9BrF3N3O. The van der Waals surface area contributed by atoms with Crippen LogP contribution in [0.4, 0.5) is 18.9 Å². The lowest BCUT2D eigenvalue weighted by Gasteiger charge is -2.14. The second kappa shape index (κ2) is 5.52. The van der Waals surface area contributed by atoms with E-state index in [1.165, 1.54) is 12.1 Å². The molecule has 0 aliphatic heterocycles. The van der Waals surface area contributed by atoms with Crippen LogP contribution in [0.15, 0.2) is 34.9 Å². The lowest BCUT2D eigenvalue weighted by atomic mass is 10.3. The second-order valence-corrected chi connectivity index (χ2v) is 4.54. The number of rotatable bonds is 4. The fourth-order valence-electron chi connectivity index (χ4n) is 1.42. The highest BCUT2D eigenvalue weighted by Crippen LogP contribution is 2.33. The molecule has 0 bridgehead atoms. The van der Waals surface area contributed by atoms with Crippen molar-refractivity contribution in [3.8, 4) is 5.75 Å². The quantitative estimate of drug-likeness (QED) is 0.895. The first-order chi connectivity index (χ1) is 8.94. The van der Waals surface area contributed by atoms with Gasteiger partial charge in [-0.2, -0.15) is 5.10 Å². The van der Waals surface area contributed by atoms with Crippen molar-refractivity contribution in [1.82, 2.24) is 10.2 Å². The fourth-order valence-corrected chi connectivity index (χ4v) is 1.77. The number of H-pyrrole nitrogens is 1. The number of benzene rings is 1. The number of aromatic amines is 1. The minimum absolute atomic E-state index is 0.245. The summed E-state index contributed by atoms with van der Waals surface area (Å²) in [6, 6.07) is 6.10. The molecule has 4 nitrogen and oxygen atoms in total. The van der Waals surface area contributed by atoms with Crippen LogP contribution in [0.2, 0.25) is 0 Å². The molecule has 0 spiro atoms. The lowest BCUT2D eigenvalue weighted by Crippen LogP contribution is -2.18.